The summed E-state index contributed by atoms with van der Waals surface area (Å²) in [6.07, 6.45) is 1.48. The highest BCUT2D eigenvalue weighted by molar-refractivity contribution is 6.05. The van der Waals surface area contributed by atoms with E-state index < -0.39 is 5.97 Å². The van der Waals surface area contributed by atoms with Gasteiger partial charge in [-0.15, -0.1) is 0 Å². The molecule has 0 unspecified atom stereocenters. The molecule has 3 rings (SSSR count). The average Bonchev–Trinajstić information content (AvgIpc) is 3.07. The monoisotopic (exact) mass is 366 g/mol. The van der Waals surface area contributed by atoms with Gasteiger partial charge in [-0.1, -0.05) is 18.2 Å². The molecular formula is C21H22N2O4. The second-order valence-electron chi connectivity index (χ2n) is 6.59. The smallest absolute Gasteiger partial charge is 0.337 e. The molecule has 1 fully saturated rings. The molecular weight excluding hydrogens is 344 g/mol. The zero-order valence-corrected chi connectivity index (χ0v) is 15.5. The number of methoxy groups -OCH3 is 1. The lowest BCUT2D eigenvalue weighted by molar-refractivity contribution is -0.128. The van der Waals surface area contributed by atoms with Crippen LogP contribution in [0.1, 0.15) is 44.7 Å². The molecule has 27 heavy (non-hydrogen) atoms. The van der Waals surface area contributed by atoms with E-state index in [2.05, 4.69) is 5.32 Å². The van der Waals surface area contributed by atoms with Gasteiger partial charge in [0.1, 0.15) is 0 Å². The number of amides is 2. The molecule has 1 saturated heterocycles. The SMILES string of the molecule is COC(=O)c1ccc(C)c(NC(=O)c2cccc(CN3CCCC3=O)c2)c1. The normalized spacial score (nSPS) is 13.6. The first-order valence-electron chi connectivity index (χ1n) is 8.85. The number of hydrogen-bond donors (Lipinski definition) is 1. The first kappa shape index (κ1) is 18.6. The van der Waals surface area contributed by atoms with Gasteiger partial charge in [-0.2, -0.15) is 0 Å². The third-order valence-electron chi connectivity index (χ3n) is 4.64. The number of nitrogens with one attached hydrogen (secondary N) is 1. The average molecular weight is 366 g/mol. The largest absolute Gasteiger partial charge is 0.465 e. The molecule has 6 heteroatoms. The van der Waals surface area contributed by atoms with Crippen LogP contribution in [0.5, 0.6) is 0 Å². The third-order valence-corrected chi connectivity index (χ3v) is 4.64. The van der Waals surface area contributed by atoms with Crippen LogP contribution in [-0.4, -0.2) is 36.3 Å². The molecule has 1 aliphatic rings. The van der Waals surface area contributed by atoms with Gasteiger partial charge in [0.05, 0.1) is 12.7 Å². The van der Waals surface area contributed by atoms with Crippen LogP contribution in [0.25, 0.3) is 0 Å². The van der Waals surface area contributed by atoms with Crippen molar-refractivity contribution in [2.45, 2.75) is 26.3 Å². The third kappa shape index (κ3) is 4.34. The minimum Gasteiger partial charge on any atom is -0.465 e. The molecule has 2 amide bonds. The van der Waals surface area contributed by atoms with Crippen molar-refractivity contribution in [1.29, 1.82) is 0 Å². The number of rotatable bonds is 5. The summed E-state index contributed by atoms with van der Waals surface area (Å²) in [4.78, 5) is 38.0. The van der Waals surface area contributed by atoms with Crippen LogP contribution >= 0.6 is 0 Å². The van der Waals surface area contributed by atoms with Gasteiger partial charge in [-0.3, -0.25) is 9.59 Å². The van der Waals surface area contributed by atoms with E-state index in [9.17, 15) is 14.4 Å². The number of benzene rings is 2. The predicted molar refractivity (Wildman–Crippen MR) is 102 cm³/mol. The lowest BCUT2D eigenvalue weighted by atomic mass is 10.1. The number of carbonyl (C=O) groups is 3. The zero-order valence-electron chi connectivity index (χ0n) is 15.5. The summed E-state index contributed by atoms with van der Waals surface area (Å²) in [5.74, 6) is -0.572. The highest BCUT2D eigenvalue weighted by Gasteiger charge is 2.20. The van der Waals surface area contributed by atoms with Gasteiger partial charge in [0.2, 0.25) is 5.91 Å². The van der Waals surface area contributed by atoms with Crippen LogP contribution in [0.3, 0.4) is 0 Å². The molecule has 0 radical (unpaired) electrons. The summed E-state index contributed by atoms with van der Waals surface area (Å²) in [6, 6.07) is 12.3. The molecule has 0 aliphatic carbocycles. The molecule has 1 heterocycles. The Balaban J connectivity index is 1.75. The molecule has 2 aromatic carbocycles. The summed E-state index contributed by atoms with van der Waals surface area (Å²) < 4.78 is 4.72. The number of ether oxygens (including phenoxy) is 1. The molecule has 2 aromatic rings. The van der Waals surface area contributed by atoms with Crippen molar-refractivity contribution < 1.29 is 19.1 Å². The maximum atomic E-state index is 12.7. The maximum Gasteiger partial charge on any atom is 0.337 e. The Morgan fingerprint density at radius 1 is 1.15 bits per heavy atom. The zero-order chi connectivity index (χ0) is 19.4. The van der Waals surface area contributed by atoms with Crippen LogP contribution in [0, 0.1) is 6.92 Å². The van der Waals surface area contributed by atoms with E-state index in [1.54, 1.807) is 35.2 Å². The fourth-order valence-electron chi connectivity index (χ4n) is 3.10. The molecule has 0 atom stereocenters. The van der Waals surface area contributed by atoms with Gasteiger partial charge in [0.25, 0.3) is 5.91 Å². The van der Waals surface area contributed by atoms with Gasteiger partial charge in [0, 0.05) is 30.8 Å². The van der Waals surface area contributed by atoms with Crippen molar-refractivity contribution in [3.63, 3.8) is 0 Å². The number of aryl methyl sites for hydroxylation is 1. The summed E-state index contributed by atoms with van der Waals surface area (Å²) in [5.41, 5.74) is 3.19. The second kappa shape index (κ2) is 8.03. The molecule has 0 spiro atoms. The molecule has 0 bridgehead atoms. The molecule has 0 aromatic heterocycles. The Morgan fingerprint density at radius 2 is 1.96 bits per heavy atom. The van der Waals surface area contributed by atoms with Crippen LogP contribution in [-0.2, 0) is 16.1 Å². The lowest BCUT2D eigenvalue weighted by Crippen LogP contribution is -2.24. The van der Waals surface area contributed by atoms with E-state index in [4.69, 9.17) is 4.74 Å². The summed E-state index contributed by atoms with van der Waals surface area (Å²) in [7, 11) is 1.32. The molecule has 1 aliphatic heterocycles. The fraction of sp³-hybridized carbons (Fsp3) is 0.286. The predicted octanol–water partition coefficient (Wildman–Crippen LogP) is 3.16. The van der Waals surface area contributed by atoms with Crippen molar-refractivity contribution in [2.75, 3.05) is 19.0 Å². The summed E-state index contributed by atoms with van der Waals surface area (Å²) in [6.45, 7) is 3.12. The number of carbonyl (C=O) groups excluding carboxylic acids is 3. The van der Waals surface area contributed by atoms with E-state index in [-0.39, 0.29) is 11.8 Å². The molecule has 1 N–H and O–H groups in total. The van der Waals surface area contributed by atoms with E-state index >= 15 is 0 Å². The van der Waals surface area contributed by atoms with Crippen LogP contribution in [0.4, 0.5) is 5.69 Å². The van der Waals surface area contributed by atoms with E-state index in [0.29, 0.717) is 29.8 Å². The first-order chi connectivity index (χ1) is 13.0. The van der Waals surface area contributed by atoms with E-state index in [0.717, 1.165) is 24.1 Å². The topological polar surface area (TPSA) is 75.7 Å². The number of likely N-dealkylation sites (tertiary alicyclic amines) is 1. The van der Waals surface area contributed by atoms with Gasteiger partial charge in [-0.25, -0.2) is 4.79 Å². The van der Waals surface area contributed by atoms with Gasteiger partial charge < -0.3 is 15.0 Å². The summed E-state index contributed by atoms with van der Waals surface area (Å²) in [5, 5.41) is 2.85. The van der Waals surface area contributed by atoms with Crippen molar-refractivity contribution in [3.8, 4) is 0 Å². The highest BCUT2D eigenvalue weighted by Crippen LogP contribution is 2.20. The first-order valence-corrected chi connectivity index (χ1v) is 8.85. The Kier molecular flexibility index (Phi) is 5.54. The Labute approximate surface area is 158 Å². The minimum absolute atomic E-state index is 0.153. The Hall–Kier alpha value is -3.15. The highest BCUT2D eigenvalue weighted by atomic mass is 16.5. The maximum absolute atomic E-state index is 12.7. The summed E-state index contributed by atoms with van der Waals surface area (Å²) >= 11 is 0. The second-order valence-corrected chi connectivity index (χ2v) is 6.59. The minimum atomic E-state index is -0.456. The Morgan fingerprint density at radius 3 is 2.67 bits per heavy atom. The lowest BCUT2D eigenvalue weighted by Gasteiger charge is -2.16. The molecule has 140 valence electrons. The van der Waals surface area contributed by atoms with Gasteiger partial charge in [0.15, 0.2) is 0 Å². The van der Waals surface area contributed by atoms with Crippen LogP contribution in [0.2, 0.25) is 0 Å². The van der Waals surface area contributed by atoms with Crippen molar-refractivity contribution in [1.82, 2.24) is 4.90 Å². The van der Waals surface area contributed by atoms with Crippen molar-refractivity contribution in [2.24, 2.45) is 0 Å². The fourth-order valence-corrected chi connectivity index (χ4v) is 3.10. The Bertz CT molecular complexity index is 892. The van der Waals surface area contributed by atoms with Gasteiger partial charge >= 0.3 is 5.97 Å². The molecule has 6 nitrogen and oxygen atoms in total. The van der Waals surface area contributed by atoms with Crippen LogP contribution in [0.15, 0.2) is 42.5 Å². The van der Waals surface area contributed by atoms with E-state index in [1.165, 1.54) is 7.11 Å². The van der Waals surface area contributed by atoms with Crippen molar-refractivity contribution in [3.05, 3.63) is 64.7 Å². The van der Waals surface area contributed by atoms with Crippen molar-refractivity contribution >= 4 is 23.5 Å². The number of anilines is 1. The molecule has 0 saturated carbocycles. The number of nitrogens with zero attached hydrogens (tertiary/aromatic N) is 1. The van der Waals surface area contributed by atoms with Crippen LogP contribution < -0.4 is 5.32 Å². The quantitative estimate of drug-likeness (QED) is 0.825. The standard InChI is InChI=1S/C21H22N2O4/c1-14-8-9-17(21(26)27-2)12-18(14)22-20(25)16-6-3-5-15(11-16)13-23-10-4-7-19(23)24/h3,5-6,8-9,11-12H,4,7,10,13H2,1-2H3,(H,22,25). The number of esters is 1. The van der Waals surface area contributed by atoms with E-state index in [1.807, 2.05) is 19.1 Å². The number of hydrogen-bond acceptors (Lipinski definition) is 4. The van der Waals surface area contributed by atoms with Gasteiger partial charge in [-0.05, 0) is 48.7 Å².